The summed E-state index contributed by atoms with van der Waals surface area (Å²) in [5, 5.41) is 7.32. The van der Waals surface area contributed by atoms with E-state index in [-0.39, 0.29) is 0 Å². The van der Waals surface area contributed by atoms with Gasteiger partial charge in [-0.05, 0) is 74.0 Å². The lowest BCUT2D eigenvalue weighted by atomic mass is 9.90. The van der Waals surface area contributed by atoms with Crippen LogP contribution in [0.2, 0.25) is 0 Å². The predicted molar refractivity (Wildman–Crippen MR) is 178 cm³/mol. The second-order valence-corrected chi connectivity index (χ2v) is 10.9. The molecule has 0 fully saturated rings. The Labute approximate surface area is 245 Å². The van der Waals surface area contributed by atoms with Gasteiger partial charge in [0.2, 0.25) is 0 Å². The maximum absolute atomic E-state index is 5.06. The van der Waals surface area contributed by atoms with E-state index in [0.29, 0.717) is 0 Å². The quantitative estimate of drug-likeness (QED) is 0.242. The third-order valence-corrected chi connectivity index (χ3v) is 8.31. The molecule has 1 aliphatic rings. The van der Waals surface area contributed by atoms with Gasteiger partial charge in [0.15, 0.2) is 0 Å². The Balaban J connectivity index is 1.23. The van der Waals surface area contributed by atoms with E-state index in [1.807, 2.05) is 6.20 Å². The topological polar surface area (TPSA) is 24.9 Å². The van der Waals surface area contributed by atoms with Gasteiger partial charge in [-0.3, -0.25) is 4.98 Å². The van der Waals surface area contributed by atoms with Crippen molar-refractivity contribution >= 4 is 39.0 Å². The van der Waals surface area contributed by atoms with Crippen molar-refractivity contribution in [3.8, 4) is 33.4 Å². The van der Waals surface area contributed by atoms with E-state index in [1.165, 1.54) is 55.3 Å². The molecule has 1 aromatic heterocycles. The van der Waals surface area contributed by atoms with Gasteiger partial charge in [0, 0.05) is 29.3 Å². The van der Waals surface area contributed by atoms with Crippen molar-refractivity contribution in [3.05, 3.63) is 157 Å². The number of pyridine rings is 1. The van der Waals surface area contributed by atoms with E-state index in [0.717, 1.165) is 28.7 Å². The number of hydrogen-bond donors (Lipinski definition) is 1. The van der Waals surface area contributed by atoms with Crippen molar-refractivity contribution in [3.63, 3.8) is 0 Å². The third kappa shape index (κ3) is 4.25. The van der Waals surface area contributed by atoms with Gasteiger partial charge in [-0.2, -0.15) is 0 Å². The van der Waals surface area contributed by atoms with Crippen molar-refractivity contribution in [1.29, 1.82) is 0 Å². The monoisotopic (exact) mass is 536 g/mol. The number of nitrogens with zero attached hydrogens (tertiary/aromatic N) is 1. The number of benzene rings is 6. The molecule has 6 aromatic carbocycles. The number of anilines is 1. The molecular formula is C40H28N2. The van der Waals surface area contributed by atoms with E-state index in [4.69, 9.17) is 4.98 Å². The Kier molecular flexibility index (Phi) is 5.89. The molecule has 1 N–H and O–H groups in total. The van der Waals surface area contributed by atoms with E-state index >= 15 is 0 Å². The zero-order valence-electron chi connectivity index (χ0n) is 23.1. The lowest BCUT2D eigenvalue weighted by Crippen LogP contribution is -2.11. The summed E-state index contributed by atoms with van der Waals surface area (Å²) in [6, 6.07) is 49.8. The van der Waals surface area contributed by atoms with Gasteiger partial charge in [-0.25, -0.2) is 0 Å². The summed E-state index contributed by atoms with van der Waals surface area (Å²) in [4.78, 5) is 5.06. The molecule has 0 saturated carbocycles. The normalized spacial score (nSPS) is 12.5. The standard InChI is InChI=1S/C40H28N2/c1-3-11-27(12-4-1)35-17-9-10-18-36(35)33-21-31-19-20-32-22-34(26-42-40(32)39(31)41-25-33)38-24-30-16-8-7-15-29(30)23-37(38)28-13-5-2-6-14-28/h1-24,26,41H,25H2. The van der Waals surface area contributed by atoms with Crippen molar-refractivity contribution < 1.29 is 0 Å². The number of fused-ring (bicyclic) bond motifs is 4. The molecule has 0 unspecified atom stereocenters. The fourth-order valence-electron chi connectivity index (χ4n) is 6.23. The summed E-state index contributed by atoms with van der Waals surface area (Å²) in [6.45, 7) is 0.752. The molecule has 0 radical (unpaired) electrons. The predicted octanol–water partition coefficient (Wildman–Crippen LogP) is 10.4. The van der Waals surface area contributed by atoms with Crippen LogP contribution in [0.15, 0.2) is 146 Å². The highest BCUT2D eigenvalue weighted by molar-refractivity contribution is 6.04. The van der Waals surface area contributed by atoms with Crippen LogP contribution in [0.3, 0.4) is 0 Å². The van der Waals surface area contributed by atoms with E-state index in [2.05, 4.69) is 151 Å². The van der Waals surface area contributed by atoms with Gasteiger partial charge >= 0.3 is 0 Å². The van der Waals surface area contributed by atoms with E-state index in [1.54, 1.807) is 0 Å². The van der Waals surface area contributed by atoms with Crippen LogP contribution < -0.4 is 5.32 Å². The van der Waals surface area contributed by atoms with Crippen LogP contribution in [0.25, 0.3) is 66.7 Å². The molecular weight excluding hydrogens is 508 g/mol. The number of nitrogens with one attached hydrogen (secondary N) is 1. The highest BCUT2D eigenvalue weighted by Gasteiger charge is 2.18. The summed E-state index contributed by atoms with van der Waals surface area (Å²) < 4.78 is 0. The fourth-order valence-corrected chi connectivity index (χ4v) is 6.23. The largest absolute Gasteiger partial charge is 0.379 e. The van der Waals surface area contributed by atoms with Crippen LogP contribution in [0, 0.1) is 0 Å². The molecule has 198 valence electrons. The Bertz CT molecular complexity index is 2130. The Hall–Kier alpha value is -5.47. The summed E-state index contributed by atoms with van der Waals surface area (Å²) in [6.07, 6.45) is 4.35. The van der Waals surface area contributed by atoms with Crippen molar-refractivity contribution in [1.82, 2.24) is 4.98 Å². The first-order valence-corrected chi connectivity index (χ1v) is 14.4. The highest BCUT2D eigenvalue weighted by Crippen LogP contribution is 2.40. The molecule has 2 heterocycles. The minimum absolute atomic E-state index is 0.752. The molecule has 0 saturated heterocycles. The van der Waals surface area contributed by atoms with Crippen LogP contribution in [-0.2, 0) is 0 Å². The van der Waals surface area contributed by atoms with Crippen molar-refractivity contribution in [2.24, 2.45) is 0 Å². The highest BCUT2D eigenvalue weighted by atomic mass is 14.9. The Morgan fingerprint density at radius 1 is 0.476 bits per heavy atom. The molecule has 0 aliphatic carbocycles. The van der Waals surface area contributed by atoms with E-state index < -0.39 is 0 Å². The molecule has 2 nitrogen and oxygen atoms in total. The number of hydrogen-bond acceptors (Lipinski definition) is 2. The Morgan fingerprint density at radius 3 is 1.79 bits per heavy atom. The maximum atomic E-state index is 5.06. The van der Waals surface area contributed by atoms with Crippen LogP contribution in [0.5, 0.6) is 0 Å². The first-order valence-electron chi connectivity index (χ1n) is 14.4. The third-order valence-electron chi connectivity index (χ3n) is 8.31. The molecule has 42 heavy (non-hydrogen) atoms. The number of rotatable bonds is 4. The van der Waals surface area contributed by atoms with Crippen molar-refractivity contribution in [2.75, 3.05) is 11.9 Å². The smallest absolute Gasteiger partial charge is 0.0939 e. The minimum Gasteiger partial charge on any atom is -0.379 e. The molecule has 2 heteroatoms. The average molecular weight is 537 g/mol. The summed E-state index contributed by atoms with van der Waals surface area (Å²) in [7, 11) is 0. The molecule has 0 atom stereocenters. The summed E-state index contributed by atoms with van der Waals surface area (Å²) in [5.41, 5.74) is 13.0. The average Bonchev–Trinajstić information content (AvgIpc) is 3.08. The first kappa shape index (κ1) is 24.3. The van der Waals surface area contributed by atoms with Gasteiger partial charge in [-0.1, -0.05) is 121 Å². The first-order chi connectivity index (χ1) is 20.8. The Morgan fingerprint density at radius 2 is 1.07 bits per heavy atom. The zero-order valence-corrected chi connectivity index (χ0v) is 23.1. The van der Waals surface area contributed by atoms with Crippen LogP contribution in [0.1, 0.15) is 11.1 Å². The second kappa shape index (κ2) is 10.2. The van der Waals surface area contributed by atoms with Crippen molar-refractivity contribution in [2.45, 2.75) is 0 Å². The second-order valence-electron chi connectivity index (χ2n) is 10.9. The summed E-state index contributed by atoms with van der Waals surface area (Å²) in [5.74, 6) is 0. The van der Waals surface area contributed by atoms with Gasteiger partial charge in [0.25, 0.3) is 0 Å². The fraction of sp³-hybridized carbons (Fsp3) is 0.0250. The molecule has 8 rings (SSSR count). The minimum atomic E-state index is 0.752. The van der Waals surface area contributed by atoms with Crippen LogP contribution in [-0.4, -0.2) is 11.5 Å². The van der Waals surface area contributed by atoms with E-state index in [9.17, 15) is 0 Å². The molecule has 0 spiro atoms. The van der Waals surface area contributed by atoms with Gasteiger partial charge < -0.3 is 5.32 Å². The molecule has 0 amide bonds. The van der Waals surface area contributed by atoms with Crippen LogP contribution >= 0.6 is 0 Å². The van der Waals surface area contributed by atoms with Crippen LogP contribution in [0.4, 0.5) is 5.69 Å². The lowest BCUT2D eigenvalue weighted by molar-refractivity contribution is 1.30. The lowest BCUT2D eigenvalue weighted by Gasteiger charge is -2.22. The maximum Gasteiger partial charge on any atom is 0.0939 e. The van der Waals surface area contributed by atoms with Gasteiger partial charge in [0.05, 0.1) is 11.2 Å². The SMILES string of the molecule is C1=C(c2ccccc2-c2ccccc2)CNc2c1ccc1cc(-c3cc4ccccc4cc3-c3ccccc3)cnc21. The number of aromatic nitrogens is 1. The summed E-state index contributed by atoms with van der Waals surface area (Å²) >= 11 is 0. The molecule has 0 bridgehead atoms. The zero-order chi connectivity index (χ0) is 27.9. The molecule has 7 aromatic rings. The molecule has 1 aliphatic heterocycles. The van der Waals surface area contributed by atoms with Gasteiger partial charge in [-0.15, -0.1) is 0 Å². The van der Waals surface area contributed by atoms with Gasteiger partial charge in [0.1, 0.15) is 0 Å².